The zero-order valence-electron chi connectivity index (χ0n) is 9.12. The molecular formula is C10H20O4. The predicted molar refractivity (Wildman–Crippen MR) is 52.7 cm³/mol. The molecule has 0 amide bonds. The van der Waals surface area contributed by atoms with Crippen LogP contribution in [0.3, 0.4) is 0 Å². The number of rotatable bonds is 6. The Hall–Kier alpha value is -0.610. The summed E-state index contributed by atoms with van der Waals surface area (Å²) >= 11 is 0. The largest absolute Gasteiger partial charge is 0.464 e. The lowest BCUT2D eigenvalue weighted by atomic mass is 9.86. The summed E-state index contributed by atoms with van der Waals surface area (Å²) in [5.74, 6) is -0.809. The standard InChI is InChI=1S/C10H20O4/c1-4-14-9(12)10(13,8(2)3)6-5-7-11/h8,11,13H,4-7H2,1-3H3. The van der Waals surface area contributed by atoms with E-state index in [1.165, 1.54) is 0 Å². The van der Waals surface area contributed by atoms with E-state index in [2.05, 4.69) is 0 Å². The van der Waals surface area contributed by atoms with Gasteiger partial charge in [-0.05, 0) is 25.7 Å². The minimum Gasteiger partial charge on any atom is -0.464 e. The molecule has 0 rings (SSSR count). The van der Waals surface area contributed by atoms with Gasteiger partial charge in [0.05, 0.1) is 6.61 Å². The average molecular weight is 204 g/mol. The van der Waals surface area contributed by atoms with Crippen molar-refractivity contribution >= 4 is 5.97 Å². The Labute approximate surface area is 84.9 Å². The maximum atomic E-state index is 11.5. The second kappa shape index (κ2) is 5.98. The van der Waals surface area contributed by atoms with Gasteiger partial charge in [-0.15, -0.1) is 0 Å². The van der Waals surface area contributed by atoms with Crippen LogP contribution in [0.2, 0.25) is 0 Å². The van der Waals surface area contributed by atoms with Crippen LogP contribution in [0.4, 0.5) is 0 Å². The van der Waals surface area contributed by atoms with Crippen molar-refractivity contribution < 1.29 is 19.7 Å². The molecule has 1 unspecified atom stereocenters. The Morgan fingerprint density at radius 2 is 2.07 bits per heavy atom. The average Bonchev–Trinajstić information content (AvgIpc) is 2.14. The Morgan fingerprint density at radius 3 is 2.43 bits per heavy atom. The molecule has 1 atom stereocenters. The number of esters is 1. The minimum absolute atomic E-state index is 0.0333. The predicted octanol–water partition coefficient (Wildman–Crippen LogP) is 0.709. The second-order valence-electron chi connectivity index (χ2n) is 3.63. The maximum absolute atomic E-state index is 11.5. The normalized spacial score (nSPS) is 15.3. The highest BCUT2D eigenvalue weighted by Gasteiger charge is 2.40. The third kappa shape index (κ3) is 3.27. The number of ether oxygens (including phenoxy) is 1. The van der Waals surface area contributed by atoms with Crippen molar-refractivity contribution in [1.29, 1.82) is 0 Å². The number of carbonyl (C=O) groups is 1. The summed E-state index contributed by atoms with van der Waals surface area (Å²) in [4.78, 5) is 11.5. The molecule has 4 nitrogen and oxygen atoms in total. The zero-order valence-corrected chi connectivity index (χ0v) is 9.12. The number of hydrogen-bond acceptors (Lipinski definition) is 4. The third-order valence-electron chi connectivity index (χ3n) is 2.30. The van der Waals surface area contributed by atoms with Gasteiger partial charge in [-0.1, -0.05) is 13.8 Å². The van der Waals surface area contributed by atoms with Gasteiger partial charge in [0.1, 0.15) is 0 Å². The van der Waals surface area contributed by atoms with E-state index in [9.17, 15) is 9.90 Å². The molecule has 2 N–H and O–H groups in total. The van der Waals surface area contributed by atoms with Gasteiger partial charge in [0.15, 0.2) is 5.60 Å². The van der Waals surface area contributed by atoms with Crippen molar-refractivity contribution in [2.45, 2.75) is 39.2 Å². The second-order valence-corrected chi connectivity index (χ2v) is 3.63. The van der Waals surface area contributed by atoms with Crippen LogP contribution >= 0.6 is 0 Å². The summed E-state index contributed by atoms with van der Waals surface area (Å²) in [5.41, 5.74) is -1.46. The number of aliphatic hydroxyl groups is 2. The van der Waals surface area contributed by atoms with Crippen molar-refractivity contribution in [3.05, 3.63) is 0 Å². The lowest BCUT2D eigenvalue weighted by Gasteiger charge is -2.29. The first-order chi connectivity index (χ1) is 6.49. The van der Waals surface area contributed by atoms with Crippen molar-refractivity contribution in [2.24, 2.45) is 5.92 Å². The molecule has 0 heterocycles. The van der Waals surface area contributed by atoms with Crippen LogP contribution < -0.4 is 0 Å². The summed E-state index contributed by atoms with van der Waals surface area (Å²) in [6.07, 6.45) is 0.632. The van der Waals surface area contributed by atoms with Gasteiger partial charge in [-0.2, -0.15) is 0 Å². The molecule has 0 aromatic carbocycles. The SMILES string of the molecule is CCOC(=O)C(O)(CCCO)C(C)C. The van der Waals surface area contributed by atoms with Crippen molar-refractivity contribution in [1.82, 2.24) is 0 Å². The first kappa shape index (κ1) is 13.4. The molecule has 0 fully saturated rings. The lowest BCUT2D eigenvalue weighted by molar-refractivity contribution is -0.171. The van der Waals surface area contributed by atoms with E-state index in [1.807, 2.05) is 0 Å². The molecule has 0 saturated heterocycles. The summed E-state index contributed by atoms with van der Waals surface area (Å²) in [7, 11) is 0. The van der Waals surface area contributed by atoms with Crippen LogP contribution in [0.15, 0.2) is 0 Å². The molecule has 0 bridgehead atoms. The smallest absolute Gasteiger partial charge is 0.338 e. The topological polar surface area (TPSA) is 66.8 Å². The van der Waals surface area contributed by atoms with Crippen molar-refractivity contribution in [2.75, 3.05) is 13.2 Å². The van der Waals surface area contributed by atoms with E-state index in [4.69, 9.17) is 9.84 Å². The van der Waals surface area contributed by atoms with E-state index in [0.717, 1.165) is 0 Å². The molecular weight excluding hydrogens is 184 g/mol. The van der Waals surface area contributed by atoms with Crippen LogP contribution in [-0.2, 0) is 9.53 Å². The number of hydrogen-bond donors (Lipinski definition) is 2. The van der Waals surface area contributed by atoms with E-state index in [-0.39, 0.29) is 25.6 Å². The molecule has 0 radical (unpaired) electrons. The van der Waals surface area contributed by atoms with Crippen LogP contribution in [-0.4, -0.2) is 35.0 Å². The lowest BCUT2D eigenvalue weighted by Crippen LogP contribution is -2.45. The fraction of sp³-hybridized carbons (Fsp3) is 0.900. The van der Waals surface area contributed by atoms with Gasteiger partial charge in [0.2, 0.25) is 0 Å². The van der Waals surface area contributed by atoms with Gasteiger partial charge in [-0.3, -0.25) is 0 Å². The van der Waals surface area contributed by atoms with Crippen molar-refractivity contribution in [3.8, 4) is 0 Å². The van der Waals surface area contributed by atoms with Crippen LogP contribution in [0.5, 0.6) is 0 Å². The van der Waals surface area contributed by atoms with Gasteiger partial charge in [0.25, 0.3) is 0 Å². The van der Waals surface area contributed by atoms with Gasteiger partial charge < -0.3 is 14.9 Å². The van der Waals surface area contributed by atoms with Crippen LogP contribution in [0.1, 0.15) is 33.6 Å². The molecule has 0 saturated carbocycles. The summed E-state index contributed by atoms with van der Waals surface area (Å²) < 4.78 is 4.79. The van der Waals surface area contributed by atoms with E-state index < -0.39 is 11.6 Å². The molecule has 84 valence electrons. The Balaban J connectivity index is 4.45. The fourth-order valence-corrected chi connectivity index (χ4v) is 1.23. The highest BCUT2D eigenvalue weighted by atomic mass is 16.5. The maximum Gasteiger partial charge on any atom is 0.338 e. The Morgan fingerprint density at radius 1 is 1.50 bits per heavy atom. The first-order valence-corrected chi connectivity index (χ1v) is 4.99. The zero-order chi connectivity index (χ0) is 11.2. The van der Waals surface area contributed by atoms with E-state index in [1.54, 1.807) is 20.8 Å². The molecule has 0 aromatic rings. The number of aliphatic hydroxyl groups excluding tert-OH is 1. The van der Waals surface area contributed by atoms with Gasteiger partial charge in [-0.25, -0.2) is 4.79 Å². The molecule has 0 aliphatic heterocycles. The van der Waals surface area contributed by atoms with Gasteiger partial charge in [0, 0.05) is 6.61 Å². The quantitative estimate of drug-likeness (QED) is 0.625. The van der Waals surface area contributed by atoms with Crippen LogP contribution in [0.25, 0.3) is 0 Å². The van der Waals surface area contributed by atoms with E-state index >= 15 is 0 Å². The molecule has 14 heavy (non-hydrogen) atoms. The minimum atomic E-state index is -1.46. The monoisotopic (exact) mass is 204 g/mol. The third-order valence-corrected chi connectivity index (χ3v) is 2.30. The van der Waals surface area contributed by atoms with E-state index in [0.29, 0.717) is 6.42 Å². The summed E-state index contributed by atoms with van der Waals surface area (Å²) in [6, 6.07) is 0. The molecule has 4 heteroatoms. The molecule has 0 aliphatic carbocycles. The summed E-state index contributed by atoms with van der Waals surface area (Å²) in [6.45, 7) is 5.44. The fourth-order valence-electron chi connectivity index (χ4n) is 1.23. The van der Waals surface area contributed by atoms with Crippen LogP contribution in [0, 0.1) is 5.92 Å². The van der Waals surface area contributed by atoms with Crippen molar-refractivity contribution in [3.63, 3.8) is 0 Å². The summed E-state index contributed by atoms with van der Waals surface area (Å²) in [5, 5.41) is 18.7. The highest BCUT2D eigenvalue weighted by molar-refractivity contribution is 5.79. The molecule has 0 spiro atoms. The molecule has 0 aliphatic rings. The number of carbonyl (C=O) groups excluding carboxylic acids is 1. The first-order valence-electron chi connectivity index (χ1n) is 4.99. The Bertz CT molecular complexity index is 179. The highest BCUT2D eigenvalue weighted by Crippen LogP contribution is 2.24. The van der Waals surface area contributed by atoms with Gasteiger partial charge >= 0.3 is 5.97 Å². The molecule has 0 aromatic heterocycles. The Kier molecular flexibility index (Phi) is 5.72.